The van der Waals surface area contributed by atoms with E-state index in [1.54, 1.807) is 12.1 Å². The molecule has 6 nitrogen and oxygen atoms in total. The number of aromatic nitrogens is 1. The monoisotopic (exact) mass is 409 g/mol. The SMILES string of the molecule is Cl.Cl.NC(=O)c1ccc(-c2ccc3c(c2)C(=O)CC2(CCNCC2)O3)nc1. The minimum Gasteiger partial charge on any atom is -0.486 e. The molecule has 1 saturated heterocycles. The number of halogens is 2. The summed E-state index contributed by atoms with van der Waals surface area (Å²) in [5.41, 5.74) is 7.32. The van der Waals surface area contributed by atoms with Crippen molar-refractivity contribution in [3.63, 3.8) is 0 Å². The Labute approximate surface area is 169 Å². The molecule has 1 aromatic heterocycles. The van der Waals surface area contributed by atoms with E-state index in [2.05, 4.69) is 10.3 Å². The first-order valence-corrected chi connectivity index (χ1v) is 8.40. The standard InChI is InChI=1S/C19H19N3O3.2ClH/c20-18(24)13-1-3-15(22-11-13)12-2-4-17-14(9-12)16(23)10-19(25-17)5-7-21-8-6-19;;/h1-4,9,11,21H,5-8,10H2,(H2,20,24);2*1H. The molecule has 0 aliphatic carbocycles. The number of fused-ring (bicyclic) bond motifs is 1. The van der Waals surface area contributed by atoms with E-state index in [4.69, 9.17) is 10.5 Å². The van der Waals surface area contributed by atoms with Crippen LogP contribution in [0.4, 0.5) is 0 Å². The topological polar surface area (TPSA) is 94.3 Å². The Morgan fingerprint density at radius 3 is 2.52 bits per heavy atom. The minimum atomic E-state index is -0.514. The minimum absolute atomic E-state index is 0. The van der Waals surface area contributed by atoms with Crippen LogP contribution in [0.5, 0.6) is 5.75 Å². The van der Waals surface area contributed by atoms with Crippen molar-refractivity contribution in [2.75, 3.05) is 13.1 Å². The molecule has 3 N–H and O–H groups in total. The molecule has 27 heavy (non-hydrogen) atoms. The van der Waals surface area contributed by atoms with Crippen LogP contribution < -0.4 is 15.8 Å². The zero-order valence-electron chi connectivity index (χ0n) is 14.6. The fourth-order valence-electron chi connectivity index (χ4n) is 3.52. The average Bonchev–Trinajstić information content (AvgIpc) is 2.62. The maximum atomic E-state index is 12.7. The highest BCUT2D eigenvalue weighted by atomic mass is 35.5. The van der Waals surface area contributed by atoms with Crippen molar-refractivity contribution >= 4 is 36.5 Å². The van der Waals surface area contributed by atoms with E-state index in [-0.39, 0.29) is 36.2 Å². The molecule has 1 fully saturated rings. The van der Waals surface area contributed by atoms with Crippen molar-refractivity contribution in [3.05, 3.63) is 47.7 Å². The van der Waals surface area contributed by atoms with Crippen LogP contribution in [-0.4, -0.2) is 35.4 Å². The van der Waals surface area contributed by atoms with Crippen LogP contribution >= 0.6 is 24.8 Å². The lowest BCUT2D eigenvalue weighted by Crippen LogP contribution is -2.49. The number of Topliss-reactive ketones (excluding diaryl/α,β-unsaturated/α-hetero) is 1. The molecule has 0 saturated carbocycles. The Hall–Kier alpha value is -2.15. The molecular weight excluding hydrogens is 389 g/mol. The molecule has 4 rings (SSSR count). The van der Waals surface area contributed by atoms with E-state index in [0.29, 0.717) is 29.0 Å². The number of benzene rings is 1. The molecule has 1 amide bonds. The van der Waals surface area contributed by atoms with Gasteiger partial charge in [0.25, 0.3) is 0 Å². The largest absolute Gasteiger partial charge is 0.486 e. The molecule has 0 radical (unpaired) electrons. The number of amides is 1. The molecule has 0 unspecified atom stereocenters. The van der Waals surface area contributed by atoms with E-state index < -0.39 is 5.91 Å². The van der Waals surface area contributed by atoms with Crippen molar-refractivity contribution in [2.24, 2.45) is 5.73 Å². The highest BCUT2D eigenvalue weighted by molar-refractivity contribution is 6.01. The molecule has 8 heteroatoms. The number of carbonyl (C=O) groups excluding carboxylic acids is 2. The molecule has 0 atom stereocenters. The molecular formula is C19H21Cl2N3O3. The van der Waals surface area contributed by atoms with Gasteiger partial charge in [0.15, 0.2) is 5.78 Å². The summed E-state index contributed by atoms with van der Waals surface area (Å²) in [6.45, 7) is 1.74. The van der Waals surface area contributed by atoms with Gasteiger partial charge < -0.3 is 15.8 Å². The smallest absolute Gasteiger partial charge is 0.250 e. The number of ketones is 1. The van der Waals surface area contributed by atoms with Gasteiger partial charge in [0.1, 0.15) is 11.4 Å². The van der Waals surface area contributed by atoms with Crippen LogP contribution in [0.3, 0.4) is 0 Å². The first-order valence-electron chi connectivity index (χ1n) is 8.40. The highest BCUT2D eigenvalue weighted by Crippen LogP contribution is 2.39. The summed E-state index contributed by atoms with van der Waals surface area (Å²) < 4.78 is 6.23. The number of ether oxygens (including phenoxy) is 1. The van der Waals surface area contributed by atoms with Gasteiger partial charge in [-0.1, -0.05) is 0 Å². The quantitative estimate of drug-likeness (QED) is 0.794. The van der Waals surface area contributed by atoms with E-state index >= 15 is 0 Å². The zero-order valence-corrected chi connectivity index (χ0v) is 16.2. The maximum Gasteiger partial charge on any atom is 0.250 e. The normalized spacial score (nSPS) is 17.1. The first kappa shape index (κ1) is 21.2. The molecule has 2 aliphatic rings. The summed E-state index contributed by atoms with van der Waals surface area (Å²) in [5.74, 6) is 0.245. The van der Waals surface area contributed by atoms with E-state index in [1.165, 1.54) is 6.20 Å². The van der Waals surface area contributed by atoms with Crippen molar-refractivity contribution in [1.29, 1.82) is 0 Å². The number of nitrogens with two attached hydrogens (primary N) is 1. The molecule has 0 bridgehead atoms. The molecule has 3 heterocycles. The molecule has 1 aromatic carbocycles. The number of nitrogens with one attached hydrogen (secondary N) is 1. The highest BCUT2D eigenvalue weighted by Gasteiger charge is 2.41. The number of carbonyl (C=O) groups is 2. The molecule has 144 valence electrons. The van der Waals surface area contributed by atoms with Gasteiger partial charge in [-0.2, -0.15) is 0 Å². The fourth-order valence-corrected chi connectivity index (χ4v) is 3.52. The number of piperidine rings is 1. The summed E-state index contributed by atoms with van der Waals surface area (Å²) in [6.07, 6.45) is 3.55. The first-order chi connectivity index (χ1) is 12.1. The van der Waals surface area contributed by atoms with Gasteiger partial charge in [-0.25, -0.2) is 0 Å². The van der Waals surface area contributed by atoms with Crippen LogP contribution in [0.2, 0.25) is 0 Å². The molecule has 2 aliphatic heterocycles. The van der Waals surface area contributed by atoms with Gasteiger partial charge in [-0.05, 0) is 43.4 Å². The second-order valence-electron chi connectivity index (χ2n) is 6.64. The summed E-state index contributed by atoms with van der Waals surface area (Å²) in [4.78, 5) is 28.1. The second kappa shape index (κ2) is 8.25. The Bertz CT molecular complexity index is 850. The lowest BCUT2D eigenvalue weighted by atomic mass is 9.82. The molecule has 1 spiro atoms. The number of nitrogens with zero attached hydrogens (tertiary/aromatic N) is 1. The van der Waals surface area contributed by atoms with Gasteiger partial charge in [-0.3, -0.25) is 14.6 Å². The lowest BCUT2D eigenvalue weighted by Gasteiger charge is -2.40. The number of hydrogen-bond donors (Lipinski definition) is 2. The van der Waals surface area contributed by atoms with E-state index in [0.717, 1.165) is 31.5 Å². The van der Waals surface area contributed by atoms with E-state index in [1.807, 2.05) is 18.2 Å². The van der Waals surface area contributed by atoms with Crippen LogP contribution in [0.15, 0.2) is 36.5 Å². The van der Waals surface area contributed by atoms with Crippen LogP contribution in [0, 0.1) is 0 Å². The summed E-state index contributed by atoms with van der Waals surface area (Å²) in [7, 11) is 0. The lowest BCUT2D eigenvalue weighted by molar-refractivity contribution is 0.0187. The van der Waals surface area contributed by atoms with Crippen molar-refractivity contribution in [1.82, 2.24) is 10.3 Å². The number of pyridine rings is 1. The van der Waals surface area contributed by atoms with Gasteiger partial charge in [-0.15, -0.1) is 24.8 Å². The van der Waals surface area contributed by atoms with Gasteiger partial charge in [0.05, 0.1) is 23.2 Å². The number of rotatable bonds is 2. The van der Waals surface area contributed by atoms with E-state index in [9.17, 15) is 9.59 Å². The van der Waals surface area contributed by atoms with Gasteiger partial charge in [0, 0.05) is 24.6 Å². The summed E-state index contributed by atoms with van der Waals surface area (Å²) >= 11 is 0. The second-order valence-corrected chi connectivity index (χ2v) is 6.64. The van der Waals surface area contributed by atoms with Crippen LogP contribution in [-0.2, 0) is 0 Å². The third-order valence-electron chi connectivity index (χ3n) is 4.95. The number of primary amides is 1. The van der Waals surface area contributed by atoms with Crippen LogP contribution in [0.1, 0.15) is 40.0 Å². The summed E-state index contributed by atoms with van der Waals surface area (Å²) in [5, 5.41) is 3.31. The predicted molar refractivity (Wildman–Crippen MR) is 107 cm³/mol. The Balaban J connectivity index is 0.00000131. The van der Waals surface area contributed by atoms with Crippen molar-refractivity contribution in [3.8, 4) is 17.0 Å². The van der Waals surface area contributed by atoms with Gasteiger partial charge in [0.2, 0.25) is 5.91 Å². The Morgan fingerprint density at radius 2 is 1.89 bits per heavy atom. The number of hydrogen-bond acceptors (Lipinski definition) is 5. The average molecular weight is 410 g/mol. The Morgan fingerprint density at radius 1 is 1.15 bits per heavy atom. The third-order valence-corrected chi connectivity index (χ3v) is 4.95. The predicted octanol–water partition coefficient (Wildman–Crippen LogP) is 2.78. The van der Waals surface area contributed by atoms with Crippen molar-refractivity contribution in [2.45, 2.75) is 24.9 Å². The van der Waals surface area contributed by atoms with Crippen molar-refractivity contribution < 1.29 is 14.3 Å². The maximum absolute atomic E-state index is 12.7. The molecule has 2 aromatic rings. The third kappa shape index (κ3) is 4.08. The van der Waals surface area contributed by atoms with Crippen LogP contribution in [0.25, 0.3) is 11.3 Å². The fraction of sp³-hybridized carbons (Fsp3) is 0.316. The Kier molecular flexibility index (Phi) is 6.46. The summed E-state index contributed by atoms with van der Waals surface area (Å²) in [6, 6.07) is 8.91. The zero-order chi connectivity index (χ0) is 17.4. The van der Waals surface area contributed by atoms with Gasteiger partial charge >= 0.3 is 0 Å².